The van der Waals surface area contributed by atoms with Crippen molar-refractivity contribution < 1.29 is 9.59 Å². The SMILES string of the molecule is Cc1nc(C)c(C(=O)Nc2ccc(C(=O)N(C)C)cc2)s1. The summed E-state index contributed by atoms with van der Waals surface area (Å²) in [6.45, 7) is 3.69. The van der Waals surface area contributed by atoms with Crippen molar-refractivity contribution >= 4 is 28.8 Å². The molecule has 1 aromatic carbocycles. The second kappa shape index (κ2) is 6.05. The van der Waals surface area contributed by atoms with Gasteiger partial charge in [0.2, 0.25) is 0 Å². The highest BCUT2D eigenvalue weighted by Crippen LogP contribution is 2.19. The molecule has 0 unspecified atom stereocenters. The molecule has 0 radical (unpaired) electrons. The van der Waals surface area contributed by atoms with Crippen LogP contribution in [0, 0.1) is 13.8 Å². The number of carbonyl (C=O) groups is 2. The molecule has 0 fully saturated rings. The van der Waals surface area contributed by atoms with Crippen molar-refractivity contribution in [1.29, 1.82) is 0 Å². The van der Waals surface area contributed by atoms with Gasteiger partial charge in [0.15, 0.2) is 0 Å². The van der Waals surface area contributed by atoms with Gasteiger partial charge < -0.3 is 10.2 Å². The molecule has 1 heterocycles. The maximum absolute atomic E-state index is 12.2. The van der Waals surface area contributed by atoms with Gasteiger partial charge >= 0.3 is 0 Å². The topological polar surface area (TPSA) is 62.3 Å². The fourth-order valence-corrected chi connectivity index (χ4v) is 2.70. The van der Waals surface area contributed by atoms with Crippen molar-refractivity contribution in [3.05, 3.63) is 45.4 Å². The maximum atomic E-state index is 12.2. The highest BCUT2D eigenvalue weighted by molar-refractivity contribution is 7.13. The van der Waals surface area contributed by atoms with Gasteiger partial charge in [0.25, 0.3) is 11.8 Å². The molecule has 0 aliphatic carbocycles. The van der Waals surface area contributed by atoms with E-state index in [1.807, 2.05) is 13.8 Å². The molecular formula is C15H17N3O2S. The van der Waals surface area contributed by atoms with Crippen LogP contribution in [0.25, 0.3) is 0 Å². The Morgan fingerprint density at radius 2 is 1.76 bits per heavy atom. The van der Waals surface area contributed by atoms with Crippen LogP contribution in [0.2, 0.25) is 0 Å². The molecule has 1 aromatic heterocycles. The van der Waals surface area contributed by atoms with Crippen LogP contribution in [0.1, 0.15) is 30.7 Å². The third-order valence-electron chi connectivity index (χ3n) is 2.91. The molecule has 0 aliphatic rings. The van der Waals surface area contributed by atoms with Crippen LogP contribution in [-0.2, 0) is 0 Å². The third-order valence-corrected chi connectivity index (χ3v) is 3.98. The number of nitrogens with zero attached hydrogens (tertiary/aromatic N) is 2. The molecule has 2 aromatic rings. The molecule has 0 aliphatic heterocycles. The zero-order chi connectivity index (χ0) is 15.6. The number of nitrogens with one attached hydrogen (secondary N) is 1. The number of hydrogen-bond acceptors (Lipinski definition) is 4. The summed E-state index contributed by atoms with van der Waals surface area (Å²) in [5.41, 5.74) is 1.97. The van der Waals surface area contributed by atoms with Crippen LogP contribution in [-0.4, -0.2) is 35.8 Å². The number of amides is 2. The fourth-order valence-electron chi connectivity index (χ4n) is 1.88. The predicted octanol–water partition coefficient (Wildman–Crippen LogP) is 2.71. The first kappa shape index (κ1) is 15.2. The van der Waals surface area contributed by atoms with E-state index in [9.17, 15) is 9.59 Å². The lowest BCUT2D eigenvalue weighted by Crippen LogP contribution is -2.21. The molecule has 2 amide bonds. The van der Waals surface area contributed by atoms with Crippen molar-refractivity contribution in [3.8, 4) is 0 Å². The lowest BCUT2D eigenvalue weighted by molar-refractivity contribution is 0.0827. The van der Waals surface area contributed by atoms with Crippen molar-refractivity contribution in [2.45, 2.75) is 13.8 Å². The molecule has 5 nitrogen and oxygen atoms in total. The molecule has 0 saturated carbocycles. The summed E-state index contributed by atoms with van der Waals surface area (Å²) in [4.78, 5) is 30.3. The normalized spacial score (nSPS) is 10.3. The Balaban J connectivity index is 2.12. The summed E-state index contributed by atoms with van der Waals surface area (Å²) in [6, 6.07) is 6.83. The van der Waals surface area contributed by atoms with Gasteiger partial charge in [-0.1, -0.05) is 0 Å². The number of benzene rings is 1. The first-order valence-electron chi connectivity index (χ1n) is 6.45. The van der Waals surface area contributed by atoms with E-state index < -0.39 is 0 Å². The zero-order valence-corrected chi connectivity index (χ0v) is 13.2. The van der Waals surface area contributed by atoms with Crippen molar-refractivity contribution in [1.82, 2.24) is 9.88 Å². The van der Waals surface area contributed by atoms with E-state index in [1.54, 1.807) is 38.4 Å². The van der Waals surface area contributed by atoms with Crippen LogP contribution in [0.3, 0.4) is 0 Å². The van der Waals surface area contributed by atoms with E-state index in [2.05, 4.69) is 10.3 Å². The molecule has 0 atom stereocenters. The highest BCUT2D eigenvalue weighted by atomic mass is 32.1. The van der Waals surface area contributed by atoms with Crippen LogP contribution in [0.15, 0.2) is 24.3 Å². The summed E-state index contributed by atoms with van der Waals surface area (Å²) < 4.78 is 0. The Morgan fingerprint density at radius 3 is 2.24 bits per heavy atom. The number of rotatable bonds is 3. The molecule has 0 saturated heterocycles. The van der Waals surface area contributed by atoms with Crippen LogP contribution < -0.4 is 5.32 Å². The molecule has 110 valence electrons. The number of carbonyl (C=O) groups excluding carboxylic acids is 2. The Labute approximate surface area is 127 Å². The van der Waals surface area contributed by atoms with E-state index in [0.29, 0.717) is 16.1 Å². The molecule has 21 heavy (non-hydrogen) atoms. The zero-order valence-electron chi connectivity index (χ0n) is 12.4. The summed E-state index contributed by atoms with van der Waals surface area (Å²) in [7, 11) is 3.40. The number of aryl methyl sites for hydroxylation is 2. The van der Waals surface area contributed by atoms with Gasteiger partial charge in [0.05, 0.1) is 10.7 Å². The predicted molar refractivity (Wildman–Crippen MR) is 84.0 cm³/mol. The maximum Gasteiger partial charge on any atom is 0.267 e. The van der Waals surface area contributed by atoms with Gasteiger partial charge in [0, 0.05) is 25.3 Å². The number of anilines is 1. The van der Waals surface area contributed by atoms with Gasteiger partial charge in [-0.05, 0) is 38.1 Å². The second-order valence-corrected chi connectivity index (χ2v) is 6.08. The Kier molecular flexibility index (Phi) is 4.37. The number of hydrogen-bond donors (Lipinski definition) is 1. The number of thiazole rings is 1. The van der Waals surface area contributed by atoms with E-state index in [-0.39, 0.29) is 11.8 Å². The smallest absolute Gasteiger partial charge is 0.267 e. The van der Waals surface area contributed by atoms with E-state index >= 15 is 0 Å². The van der Waals surface area contributed by atoms with Gasteiger partial charge in [-0.3, -0.25) is 9.59 Å². The summed E-state index contributed by atoms with van der Waals surface area (Å²) in [5.74, 6) is -0.244. The largest absolute Gasteiger partial charge is 0.345 e. The average molecular weight is 303 g/mol. The summed E-state index contributed by atoms with van der Waals surface area (Å²) >= 11 is 1.37. The van der Waals surface area contributed by atoms with Gasteiger partial charge in [0.1, 0.15) is 4.88 Å². The van der Waals surface area contributed by atoms with Gasteiger partial charge in [-0.15, -0.1) is 11.3 Å². The lowest BCUT2D eigenvalue weighted by atomic mass is 10.2. The Hall–Kier alpha value is -2.21. The first-order chi connectivity index (χ1) is 9.88. The lowest BCUT2D eigenvalue weighted by Gasteiger charge is -2.10. The minimum atomic E-state index is -0.176. The highest BCUT2D eigenvalue weighted by Gasteiger charge is 2.14. The average Bonchev–Trinajstić information content (AvgIpc) is 2.77. The minimum Gasteiger partial charge on any atom is -0.345 e. The molecule has 1 N–H and O–H groups in total. The fraction of sp³-hybridized carbons (Fsp3) is 0.267. The number of aromatic nitrogens is 1. The van der Waals surface area contributed by atoms with Gasteiger partial charge in [-0.25, -0.2) is 4.98 Å². The van der Waals surface area contributed by atoms with Gasteiger partial charge in [-0.2, -0.15) is 0 Å². The molecular weight excluding hydrogens is 286 g/mol. The Bertz CT molecular complexity index is 675. The van der Waals surface area contributed by atoms with E-state index in [1.165, 1.54) is 16.2 Å². The first-order valence-corrected chi connectivity index (χ1v) is 7.27. The minimum absolute atomic E-state index is 0.0678. The van der Waals surface area contributed by atoms with Crippen molar-refractivity contribution in [3.63, 3.8) is 0 Å². The van der Waals surface area contributed by atoms with Crippen molar-refractivity contribution in [2.24, 2.45) is 0 Å². The van der Waals surface area contributed by atoms with E-state index in [4.69, 9.17) is 0 Å². The molecule has 2 rings (SSSR count). The van der Waals surface area contributed by atoms with Crippen LogP contribution in [0.5, 0.6) is 0 Å². The summed E-state index contributed by atoms with van der Waals surface area (Å²) in [6.07, 6.45) is 0. The summed E-state index contributed by atoms with van der Waals surface area (Å²) in [5, 5.41) is 3.68. The quantitative estimate of drug-likeness (QED) is 0.948. The third kappa shape index (κ3) is 3.46. The second-order valence-electron chi connectivity index (χ2n) is 4.88. The van der Waals surface area contributed by atoms with E-state index in [0.717, 1.165) is 10.7 Å². The monoisotopic (exact) mass is 303 g/mol. The molecule has 0 bridgehead atoms. The molecule has 6 heteroatoms. The Morgan fingerprint density at radius 1 is 1.14 bits per heavy atom. The van der Waals surface area contributed by atoms with Crippen molar-refractivity contribution in [2.75, 3.05) is 19.4 Å². The van der Waals surface area contributed by atoms with Crippen LogP contribution >= 0.6 is 11.3 Å². The van der Waals surface area contributed by atoms with Crippen LogP contribution in [0.4, 0.5) is 5.69 Å². The standard InChI is InChI=1S/C15H17N3O2S/c1-9-13(21-10(2)16-9)14(19)17-12-7-5-11(6-8-12)15(20)18(3)4/h5-8H,1-4H3,(H,17,19). The molecule has 0 spiro atoms.